The van der Waals surface area contributed by atoms with E-state index in [9.17, 15) is 13.2 Å². The van der Waals surface area contributed by atoms with Crippen LogP contribution in [-0.2, 0) is 14.8 Å². The summed E-state index contributed by atoms with van der Waals surface area (Å²) in [5.74, 6) is -0.263. The van der Waals surface area contributed by atoms with Gasteiger partial charge >= 0.3 is 5.97 Å². The number of hydrogen-bond acceptors (Lipinski definition) is 3. The number of rotatable bonds is 11. The Hall–Kier alpha value is -0.620. The molecule has 6 heteroatoms. The molecule has 0 aromatic heterocycles. The third-order valence-electron chi connectivity index (χ3n) is 2.89. The van der Waals surface area contributed by atoms with Crippen LogP contribution in [0.5, 0.6) is 0 Å². The molecule has 1 unspecified atom stereocenters. The number of hydrogen-bond donors (Lipinski definition) is 2. The molecule has 114 valence electrons. The van der Waals surface area contributed by atoms with Gasteiger partial charge in [0, 0.05) is 13.0 Å². The Morgan fingerprint density at radius 2 is 1.84 bits per heavy atom. The van der Waals surface area contributed by atoms with E-state index in [1.54, 1.807) is 0 Å². The Morgan fingerprint density at radius 3 is 2.32 bits per heavy atom. The molecular formula is C13H27NO4S. The van der Waals surface area contributed by atoms with Gasteiger partial charge in [0.1, 0.15) is 0 Å². The number of carboxylic acids is 1. The first-order valence-electron chi connectivity index (χ1n) is 6.96. The summed E-state index contributed by atoms with van der Waals surface area (Å²) in [6.07, 6.45) is 3.42. The van der Waals surface area contributed by atoms with Gasteiger partial charge in [0.15, 0.2) is 0 Å². The maximum Gasteiger partial charge on any atom is 0.303 e. The van der Waals surface area contributed by atoms with Crippen molar-refractivity contribution in [3.8, 4) is 0 Å². The summed E-state index contributed by atoms with van der Waals surface area (Å²) in [5, 5.41) is 8.67. The van der Waals surface area contributed by atoms with Crippen molar-refractivity contribution in [2.24, 2.45) is 11.8 Å². The SMILES string of the molecule is CCCC(CCNS(=O)(=O)CC(C)C)CCC(=O)O. The molecule has 2 N–H and O–H groups in total. The molecule has 5 nitrogen and oxygen atoms in total. The molecule has 0 aromatic carbocycles. The van der Waals surface area contributed by atoms with Crippen molar-refractivity contribution in [2.75, 3.05) is 12.3 Å². The summed E-state index contributed by atoms with van der Waals surface area (Å²) < 4.78 is 25.9. The van der Waals surface area contributed by atoms with E-state index < -0.39 is 16.0 Å². The maximum absolute atomic E-state index is 11.6. The van der Waals surface area contributed by atoms with Crippen molar-refractivity contribution in [3.63, 3.8) is 0 Å². The van der Waals surface area contributed by atoms with Crippen LogP contribution in [0.15, 0.2) is 0 Å². The van der Waals surface area contributed by atoms with Crippen LogP contribution in [-0.4, -0.2) is 31.8 Å². The molecule has 0 spiro atoms. The van der Waals surface area contributed by atoms with Gasteiger partial charge in [-0.05, 0) is 24.7 Å². The first kappa shape index (κ1) is 18.4. The van der Waals surface area contributed by atoms with Gasteiger partial charge in [-0.3, -0.25) is 4.79 Å². The van der Waals surface area contributed by atoms with Crippen molar-refractivity contribution in [1.82, 2.24) is 4.72 Å². The topological polar surface area (TPSA) is 83.5 Å². The van der Waals surface area contributed by atoms with Gasteiger partial charge in [-0.1, -0.05) is 33.6 Å². The predicted molar refractivity (Wildman–Crippen MR) is 76.5 cm³/mol. The van der Waals surface area contributed by atoms with Gasteiger partial charge in [-0.15, -0.1) is 0 Å². The van der Waals surface area contributed by atoms with E-state index in [-0.39, 0.29) is 24.0 Å². The highest BCUT2D eigenvalue weighted by molar-refractivity contribution is 7.89. The summed E-state index contributed by atoms with van der Waals surface area (Å²) in [7, 11) is -3.19. The fourth-order valence-electron chi connectivity index (χ4n) is 2.09. The van der Waals surface area contributed by atoms with Crippen LogP contribution < -0.4 is 4.72 Å². The van der Waals surface area contributed by atoms with Crippen molar-refractivity contribution < 1.29 is 18.3 Å². The predicted octanol–water partition coefficient (Wildman–Crippen LogP) is 2.23. The molecule has 0 radical (unpaired) electrons. The molecule has 0 heterocycles. The molecule has 0 amide bonds. The zero-order chi connectivity index (χ0) is 14.9. The zero-order valence-corrected chi connectivity index (χ0v) is 13.0. The fraction of sp³-hybridized carbons (Fsp3) is 0.923. The molecule has 19 heavy (non-hydrogen) atoms. The van der Waals surface area contributed by atoms with Crippen LogP contribution in [0.2, 0.25) is 0 Å². The first-order valence-corrected chi connectivity index (χ1v) is 8.61. The number of aliphatic carboxylic acids is 1. The van der Waals surface area contributed by atoms with Gasteiger partial charge in [-0.2, -0.15) is 0 Å². The van der Waals surface area contributed by atoms with Gasteiger partial charge in [0.05, 0.1) is 5.75 Å². The summed E-state index contributed by atoms with van der Waals surface area (Å²) in [6.45, 7) is 6.19. The number of sulfonamides is 1. The molecule has 1 atom stereocenters. The molecule has 0 fully saturated rings. The van der Waals surface area contributed by atoms with E-state index in [1.807, 2.05) is 13.8 Å². The normalized spacial score (nSPS) is 13.7. The van der Waals surface area contributed by atoms with Crippen molar-refractivity contribution in [2.45, 2.75) is 52.9 Å². The van der Waals surface area contributed by atoms with Gasteiger partial charge in [-0.25, -0.2) is 13.1 Å². The van der Waals surface area contributed by atoms with Crippen LogP contribution in [0, 0.1) is 11.8 Å². The van der Waals surface area contributed by atoms with Crippen LogP contribution in [0.1, 0.15) is 52.9 Å². The van der Waals surface area contributed by atoms with Gasteiger partial charge in [0.2, 0.25) is 10.0 Å². The molecule has 0 saturated heterocycles. The quantitative estimate of drug-likeness (QED) is 0.612. The summed E-state index contributed by atoms with van der Waals surface area (Å²) in [6, 6.07) is 0. The first-order chi connectivity index (χ1) is 8.76. The van der Waals surface area contributed by atoms with E-state index in [0.717, 1.165) is 12.8 Å². The lowest BCUT2D eigenvalue weighted by Crippen LogP contribution is -2.30. The molecule has 0 aromatic rings. The zero-order valence-electron chi connectivity index (χ0n) is 12.2. The molecule has 0 aliphatic heterocycles. The second kappa shape index (κ2) is 9.31. The maximum atomic E-state index is 11.6. The lowest BCUT2D eigenvalue weighted by atomic mass is 9.95. The minimum atomic E-state index is -3.19. The molecular weight excluding hydrogens is 266 g/mol. The molecule has 0 saturated carbocycles. The number of carboxylic acid groups (broad SMARTS) is 1. The second-order valence-electron chi connectivity index (χ2n) is 5.45. The van der Waals surface area contributed by atoms with Crippen molar-refractivity contribution in [1.29, 1.82) is 0 Å². The number of nitrogens with one attached hydrogen (secondary N) is 1. The largest absolute Gasteiger partial charge is 0.481 e. The second-order valence-corrected chi connectivity index (χ2v) is 7.30. The van der Waals surface area contributed by atoms with Crippen LogP contribution >= 0.6 is 0 Å². The smallest absolute Gasteiger partial charge is 0.303 e. The highest BCUT2D eigenvalue weighted by atomic mass is 32.2. The fourth-order valence-corrected chi connectivity index (χ4v) is 3.51. The van der Waals surface area contributed by atoms with E-state index >= 15 is 0 Å². The highest BCUT2D eigenvalue weighted by Gasteiger charge is 2.14. The summed E-state index contributed by atoms with van der Waals surface area (Å²) >= 11 is 0. The molecule has 0 aliphatic rings. The van der Waals surface area contributed by atoms with Gasteiger partial charge in [0.25, 0.3) is 0 Å². The minimum Gasteiger partial charge on any atom is -0.481 e. The Morgan fingerprint density at radius 1 is 1.21 bits per heavy atom. The van der Waals surface area contributed by atoms with Gasteiger partial charge < -0.3 is 5.11 Å². The Labute approximate surface area is 116 Å². The Kier molecular flexibility index (Phi) is 9.01. The monoisotopic (exact) mass is 293 g/mol. The van der Waals surface area contributed by atoms with Crippen molar-refractivity contribution >= 4 is 16.0 Å². The number of carbonyl (C=O) groups is 1. The summed E-state index contributed by atoms with van der Waals surface area (Å²) in [5.41, 5.74) is 0. The van der Waals surface area contributed by atoms with Crippen molar-refractivity contribution in [3.05, 3.63) is 0 Å². The average Bonchev–Trinajstić information content (AvgIpc) is 2.23. The van der Waals surface area contributed by atoms with Crippen LogP contribution in [0.4, 0.5) is 0 Å². The van der Waals surface area contributed by atoms with Crippen LogP contribution in [0.3, 0.4) is 0 Å². The van der Waals surface area contributed by atoms with E-state index in [4.69, 9.17) is 5.11 Å². The molecule has 0 rings (SSSR count). The lowest BCUT2D eigenvalue weighted by molar-refractivity contribution is -0.137. The third-order valence-corrected chi connectivity index (χ3v) is 4.64. The van der Waals surface area contributed by atoms with E-state index in [2.05, 4.69) is 11.6 Å². The Bertz CT molecular complexity index is 352. The summed E-state index contributed by atoms with van der Waals surface area (Å²) in [4.78, 5) is 10.6. The van der Waals surface area contributed by atoms with E-state index in [0.29, 0.717) is 19.4 Å². The average molecular weight is 293 g/mol. The highest BCUT2D eigenvalue weighted by Crippen LogP contribution is 2.17. The molecule has 0 aliphatic carbocycles. The molecule has 0 bridgehead atoms. The van der Waals surface area contributed by atoms with E-state index in [1.165, 1.54) is 0 Å². The lowest BCUT2D eigenvalue weighted by Gasteiger charge is -2.16. The standard InChI is InChI=1S/C13H27NO4S/c1-4-5-12(6-7-13(15)16)8-9-14-19(17,18)10-11(2)3/h11-12,14H,4-10H2,1-3H3,(H,15,16). The van der Waals surface area contributed by atoms with Crippen LogP contribution in [0.25, 0.3) is 0 Å². The Balaban J connectivity index is 4.07. The third kappa shape index (κ3) is 10.9. The minimum absolute atomic E-state index is 0.107.